The maximum Gasteiger partial charge on any atom is 0.461 e. The summed E-state index contributed by atoms with van der Waals surface area (Å²) in [5, 5.41) is 9.03. The molecule has 0 unspecified atom stereocenters. The summed E-state index contributed by atoms with van der Waals surface area (Å²) in [5.74, 6) is -6.58. The van der Waals surface area contributed by atoms with Crippen molar-refractivity contribution >= 4 is 0 Å². The van der Waals surface area contributed by atoms with Crippen molar-refractivity contribution in [3.8, 4) is 11.4 Å². The molecule has 0 N–H and O–H groups in total. The van der Waals surface area contributed by atoms with Crippen LogP contribution in [0.5, 0.6) is 5.75 Å². The molecule has 1 aromatic heterocycles. The van der Waals surface area contributed by atoms with E-state index in [0.717, 1.165) is 0 Å². The summed E-state index contributed by atoms with van der Waals surface area (Å²) >= 11 is 0. The van der Waals surface area contributed by atoms with E-state index in [9.17, 15) is 22.0 Å². The minimum absolute atomic E-state index is 0.0999. The molecule has 0 aliphatic heterocycles. The molecule has 0 fully saturated rings. The van der Waals surface area contributed by atoms with Crippen molar-refractivity contribution in [3.63, 3.8) is 0 Å². The second-order valence-corrected chi connectivity index (χ2v) is 5.16. The Labute approximate surface area is 128 Å². The Morgan fingerprint density at radius 3 is 2.39 bits per heavy atom. The molecule has 0 aliphatic rings. The monoisotopic (exact) mass is 336 g/mol. The molecule has 0 amide bonds. The van der Waals surface area contributed by atoms with Crippen LogP contribution in [0.15, 0.2) is 24.3 Å². The molecule has 10 heteroatoms. The van der Waals surface area contributed by atoms with E-state index in [4.69, 9.17) is 4.74 Å². The molecular formula is C13H13F5N4O. The number of tetrazole rings is 1. The largest absolute Gasteiger partial charge is 0.491 e. The number of hydrogen-bond acceptors (Lipinski definition) is 4. The number of rotatable bonds is 5. The first-order valence-electron chi connectivity index (χ1n) is 6.60. The molecule has 0 spiro atoms. The predicted octanol–water partition coefficient (Wildman–Crippen LogP) is 3.35. The highest BCUT2D eigenvalue weighted by Gasteiger charge is 2.62. The minimum Gasteiger partial charge on any atom is -0.491 e. The molecule has 2 aromatic rings. The molecule has 1 aromatic carbocycles. The van der Waals surface area contributed by atoms with Crippen LogP contribution in [0.3, 0.4) is 0 Å². The SMILES string of the molecule is CC(C)COc1ccccc1-n1nnnc1C(F)(F)C(F)(F)F. The van der Waals surface area contributed by atoms with Crippen LogP contribution in [0.4, 0.5) is 22.0 Å². The Morgan fingerprint density at radius 1 is 1.13 bits per heavy atom. The first kappa shape index (κ1) is 17.1. The summed E-state index contributed by atoms with van der Waals surface area (Å²) in [6.07, 6.45) is -5.81. The van der Waals surface area contributed by atoms with E-state index < -0.39 is 17.9 Å². The second kappa shape index (κ2) is 6.09. The number of para-hydroxylation sites is 2. The molecule has 2 rings (SSSR count). The molecule has 0 saturated carbocycles. The lowest BCUT2D eigenvalue weighted by molar-refractivity contribution is -0.293. The lowest BCUT2D eigenvalue weighted by Crippen LogP contribution is -2.36. The molecule has 0 radical (unpaired) electrons. The van der Waals surface area contributed by atoms with Gasteiger partial charge in [-0.25, -0.2) is 0 Å². The van der Waals surface area contributed by atoms with Crippen LogP contribution < -0.4 is 4.74 Å². The number of ether oxygens (including phenoxy) is 1. The van der Waals surface area contributed by atoms with Crippen molar-refractivity contribution < 1.29 is 26.7 Å². The van der Waals surface area contributed by atoms with Crippen LogP contribution in [0.25, 0.3) is 5.69 Å². The van der Waals surface area contributed by atoms with Crippen LogP contribution >= 0.6 is 0 Å². The standard InChI is InChI=1S/C13H13F5N4O/c1-8(2)7-23-10-6-4-3-5-9(10)22-11(19-20-21-22)12(14,15)13(16,17)18/h3-6,8H,7H2,1-2H3. The quantitative estimate of drug-likeness (QED) is 0.786. The lowest BCUT2D eigenvalue weighted by Gasteiger charge is -2.19. The molecule has 0 bridgehead atoms. The van der Waals surface area contributed by atoms with Crippen molar-refractivity contribution in [2.24, 2.45) is 5.92 Å². The van der Waals surface area contributed by atoms with Gasteiger partial charge >= 0.3 is 12.1 Å². The maximum absolute atomic E-state index is 13.6. The summed E-state index contributed by atoms with van der Waals surface area (Å²) in [5.41, 5.74) is -0.0999. The second-order valence-electron chi connectivity index (χ2n) is 5.16. The Hall–Kier alpha value is -2.26. The van der Waals surface area contributed by atoms with Crippen molar-refractivity contribution in [2.75, 3.05) is 6.61 Å². The highest BCUT2D eigenvalue weighted by Crippen LogP contribution is 2.43. The lowest BCUT2D eigenvalue weighted by atomic mass is 10.2. The van der Waals surface area contributed by atoms with Crippen molar-refractivity contribution in [1.29, 1.82) is 0 Å². The van der Waals surface area contributed by atoms with Gasteiger partial charge in [0.05, 0.1) is 6.61 Å². The van der Waals surface area contributed by atoms with Crippen LogP contribution in [-0.2, 0) is 5.92 Å². The Morgan fingerprint density at radius 2 is 1.78 bits per heavy atom. The third-order valence-electron chi connectivity index (χ3n) is 2.77. The first-order valence-corrected chi connectivity index (χ1v) is 6.60. The smallest absolute Gasteiger partial charge is 0.461 e. The third-order valence-corrected chi connectivity index (χ3v) is 2.77. The number of halogens is 5. The minimum atomic E-state index is -5.81. The van der Waals surface area contributed by atoms with Gasteiger partial charge in [-0.15, -0.1) is 5.10 Å². The maximum atomic E-state index is 13.6. The fourth-order valence-electron chi connectivity index (χ4n) is 1.68. The molecule has 1 heterocycles. The fraction of sp³-hybridized carbons (Fsp3) is 0.462. The van der Waals surface area contributed by atoms with Crippen LogP contribution in [0.1, 0.15) is 19.7 Å². The van der Waals surface area contributed by atoms with E-state index in [1.54, 1.807) is 6.07 Å². The topological polar surface area (TPSA) is 52.8 Å². The van der Waals surface area contributed by atoms with Gasteiger partial charge in [0.1, 0.15) is 11.4 Å². The van der Waals surface area contributed by atoms with Crippen LogP contribution in [0.2, 0.25) is 0 Å². The number of alkyl halides is 5. The molecule has 5 nitrogen and oxygen atoms in total. The van der Waals surface area contributed by atoms with E-state index >= 15 is 0 Å². The van der Waals surface area contributed by atoms with Gasteiger partial charge in [0, 0.05) is 0 Å². The normalized spacial score (nSPS) is 12.7. The highest BCUT2D eigenvalue weighted by atomic mass is 19.4. The zero-order valence-corrected chi connectivity index (χ0v) is 12.2. The van der Waals surface area contributed by atoms with Crippen molar-refractivity contribution in [2.45, 2.75) is 25.9 Å². The average molecular weight is 336 g/mol. The summed E-state index contributed by atoms with van der Waals surface area (Å²) in [7, 11) is 0. The van der Waals surface area contributed by atoms with E-state index in [-0.39, 0.29) is 24.0 Å². The predicted molar refractivity (Wildman–Crippen MR) is 69.4 cm³/mol. The molecule has 0 saturated heterocycles. The molecule has 126 valence electrons. The van der Waals surface area contributed by atoms with Gasteiger partial charge in [-0.05, 0) is 28.5 Å². The molecule has 23 heavy (non-hydrogen) atoms. The van der Waals surface area contributed by atoms with Crippen molar-refractivity contribution in [1.82, 2.24) is 20.2 Å². The number of hydrogen-bond donors (Lipinski definition) is 0. The van der Waals surface area contributed by atoms with Crippen LogP contribution in [-0.4, -0.2) is 33.0 Å². The number of benzene rings is 1. The Bertz CT molecular complexity index is 668. The first-order chi connectivity index (χ1) is 10.6. The Kier molecular flexibility index (Phi) is 4.53. The average Bonchev–Trinajstić information content (AvgIpc) is 2.94. The van der Waals surface area contributed by atoms with E-state index in [1.165, 1.54) is 18.2 Å². The van der Waals surface area contributed by atoms with Gasteiger partial charge in [0.2, 0.25) is 5.82 Å². The van der Waals surface area contributed by atoms with Gasteiger partial charge < -0.3 is 4.74 Å². The summed E-state index contributed by atoms with van der Waals surface area (Å²) in [4.78, 5) is 0. The molecule has 0 aliphatic carbocycles. The number of aromatic nitrogens is 4. The third kappa shape index (κ3) is 3.40. The van der Waals surface area contributed by atoms with Gasteiger partial charge in [-0.2, -0.15) is 26.6 Å². The molecule has 0 atom stereocenters. The van der Waals surface area contributed by atoms with E-state index in [2.05, 4.69) is 15.5 Å². The van der Waals surface area contributed by atoms with Gasteiger partial charge in [0.25, 0.3) is 0 Å². The number of nitrogens with zero attached hydrogens (tertiary/aromatic N) is 4. The van der Waals surface area contributed by atoms with Gasteiger partial charge in [0.15, 0.2) is 0 Å². The van der Waals surface area contributed by atoms with E-state index in [0.29, 0.717) is 4.68 Å². The summed E-state index contributed by atoms with van der Waals surface area (Å²) in [6, 6.07) is 5.75. The van der Waals surface area contributed by atoms with Crippen molar-refractivity contribution in [3.05, 3.63) is 30.1 Å². The fourth-order valence-corrected chi connectivity index (χ4v) is 1.68. The zero-order valence-electron chi connectivity index (χ0n) is 12.2. The summed E-state index contributed by atoms with van der Waals surface area (Å²) < 4.78 is 70.6. The molecular weight excluding hydrogens is 323 g/mol. The highest BCUT2D eigenvalue weighted by molar-refractivity contribution is 5.46. The van der Waals surface area contributed by atoms with Gasteiger partial charge in [-0.3, -0.25) is 0 Å². The zero-order chi connectivity index (χ0) is 17.3. The summed E-state index contributed by atoms with van der Waals surface area (Å²) in [6.45, 7) is 3.98. The van der Waals surface area contributed by atoms with Crippen LogP contribution in [0, 0.1) is 5.92 Å². The van der Waals surface area contributed by atoms with Gasteiger partial charge in [-0.1, -0.05) is 26.0 Å². The van der Waals surface area contributed by atoms with E-state index in [1.807, 2.05) is 13.8 Å². The Balaban J connectivity index is 2.48.